The third-order valence-corrected chi connectivity index (χ3v) is 4.29. The number of hydrogen-bond donors (Lipinski definition) is 3. The van der Waals surface area contributed by atoms with E-state index < -0.39 is 31.2 Å². The van der Waals surface area contributed by atoms with Crippen LogP contribution in [0.4, 0.5) is 13.2 Å². The number of ether oxygens (including phenoxy) is 2. The Labute approximate surface area is 179 Å². The molecule has 0 aliphatic carbocycles. The Hall–Kier alpha value is -3.57. The van der Waals surface area contributed by atoms with Gasteiger partial charge in [0.05, 0.1) is 13.2 Å². The van der Waals surface area contributed by atoms with E-state index in [4.69, 9.17) is 19.1 Å². The normalized spacial score (nSPS) is 11.4. The minimum Gasteiger partial charge on any atom is -0.492 e. The number of benzene rings is 2. The first-order valence-corrected chi connectivity index (χ1v) is 9.39. The Morgan fingerprint density at radius 1 is 1.03 bits per heavy atom. The van der Waals surface area contributed by atoms with E-state index in [1.807, 2.05) is 0 Å². The molecule has 0 saturated heterocycles. The number of fused-ring (bicyclic) bond motifs is 1. The number of carbonyl (C=O) groups is 2. The minimum absolute atomic E-state index is 0.0808. The van der Waals surface area contributed by atoms with Crippen molar-refractivity contribution in [2.75, 3.05) is 19.8 Å². The molecular weight excluding hydrogens is 433 g/mol. The Bertz CT molecular complexity index is 1080. The van der Waals surface area contributed by atoms with Crippen LogP contribution in [0.25, 0.3) is 11.0 Å². The van der Waals surface area contributed by atoms with E-state index in [1.54, 1.807) is 24.3 Å². The lowest BCUT2D eigenvalue weighted by atomic mass is 10.1. The molecule has 3 aromatic rings. The van der Waals surface area contributed by atoms with Crippen molar-refractivity contribution in [3.8, 4) is 5.75 Å². The summed E-state index contributed by atoms with van der Waals surface area (Å²) in [5, 5.41) is 11.7. The molecule has 11 heteroatoms. The lowest BCUT2D eigenvalue weighted by Crippen LogP contribution is -2.28. The van der Waals surface area contributed by atoms with Gasteiger partial charge in [0, 0.05) is 16.5 Å². The molecule has 32 heavy (non-hydrogen) atoms. The van der Waals surface area contributed by atoms with Gasteiger partial charge in [-0.1, -0.05) is 18.2 Å². The average Bonchev–Trinajstić information content (AvgIpc) is 3.14. The van der Waals surface area contributed by atoms with Crippen LogP contribution in [0, 0.1) is 0 Å². The summed E-state index contributed by atoms with van der Waals surface area (Å²) in [6, 6.07) is 12.5. The van der Waals surface area contributed by atoms with Crippen molar-refractivity contribution >= 4 is 22.8 Å². The van der Waals surface area contributed by atoms with Crippen LogP contribution in [-0.4, -0.2) is 43.0 Å². The number of halogens is 3. The second-order valence-corrected chi connectivity index (χ2v) is 6.58. The van der Waals surface area contributed by atoms with Gasteiger partial charge in [0.1, 0.15) is 24.5 Å². The standard InChI is InChI=1S/C21H19F3N2O6/c22-21(23,24)12-30-11-16-15-3-1-2-4-17(15)32-18(16)20(28)25-9-10-31-14-7-5-13(6-8-14)19(27)26-29/h1-8,29H,9-12H2,(H,25,28)(H,26,27). The highest BCUT2D eigenvalue weighted by atomic mass is 19.4. The third kappa shape index (κ3) is 5.99. The van der Waals surface area contributed by atoms with Gasteiger partial charge < -0.3 is 19.2 Å². The quantitative estimate of drug-likeness (QED) is 0.261. The molecule has 0 spiro atoms. The van der Waals surface area contributed by atoms with E-state index >= 15 is 0 Å². The highest BCUT2D eigenvalue weighted by molar-refractivity contribution is 5.99. The molecular formula is C21H19F3N2O6. The number of para-hydroxylation sites is 1. The van der Waals surface area contributed by atoms with Gasteiger partial charge in [-0.25, -0.2) is 5.48 Å². The van der Waals surface area contributed by atoms with Crippen LogP contribution < -0.4 is 15.5 Å². The van der Waals surface area contributed by atoms with E-state index in [2.05, 4.69) is 5.32 Å². The van der Waals surface area contributed by atoms with Crippen LogP contribution in [0.5, 0.6) is 5.75 Å². The highest BCUT2D eigenvalue weighted by Crippen LogP contribution is 2.27. The molecule has 0 fully saturated rings. The van der Waals surface area contributed by atoms with E-state index in [9.17, 15) is 22.8 Å². The Balaban J connectivity index is 1.59. The van der Waals surface area contributed by atoms with Crippen LogP contribution in [0.3, 0.4) is 0 Å². The summed E-state index contributed by atoms with van der Waals surface area (Å²) in [6.45, 7) is -1.72. The van der Waals surface area contributed by atoms with Crippen LogP contribution >= 0.6 is 0 Å². The summed E-state index contributed by atoms with van der Waals surface area (Å²) in [5.74, 6) is -0.985. The lowest BCUT2D eigenvalue weighted by molar-refractivity contribution is -0.176. The fourth-order valence-electron chi connectivity index (χ4n) is 2.88. The fourth-order valence-corrected chi connectivity index (χ4v) is 2.88. The molecule has 0 unspecified atom stereocenters. The first-order valence-electron chi connectivity index (χ1n) is 9.39. The van der Waals surface area contributed by atoms with Crippen molar-refractivity contribution in [1.82, 2.24) is 10.8 Å². The maximum atomic E-state index is 12.6. The Morgan fingerprint density at radius 3 is 2.44 bits per heavy atom. The summed E-state index contributed by atoms with van der Waals surface area (Å²) in [7, 11) is 0. The van der Waals surface area contributed by atoms with Crippen molar-refractivity contribution in [2.45, 2.75) is 12.8 Å². The topological polar surface area (TPSA) is 110 Å². The Morgan fingerprint density at radius 2 is 1.75 bits per heavy atom. The van der Waals surface area contributed by atoms with Crippen molar-refractivity contribution in [2.24, 2.45) is 0 Å². The number of hydroxylamine groups is 1. The molecule has 3 rings (SSSR count). The first-order chi connectivity index (χ1) is 15.3. The minimum atomic E-state index is -4.49. The number of amides is 2. The van der Waals surface area contributed by atoms with Crippen molar-refractivity contribution in [3.63, 3.8) is 0 Å². The molecule has 0 aliphatic heterocycles. The monoisotopic (exact) mass is 452 g/mol. The summed E-state index contributed by atoms with van der Waals surface area (Å²) in [4.78, 5) is 23.8. The van der Waals surface area contributed by atoms with Crippen LogP contribution in [0.2, 0.25) is 0 Å². The number of hydrogen-bond acceptors (Lipinski definition) is 6. The van der Waals surface area contributed by atoms with Crippen molar-refractivity contribution < 1.29 is 41.9 Å². The van der Waals surface area contributed by atoms with E-state index in [0.29, 0.717) is 16.7 Å². The second-order valence-electron chi connectivity index (χ2n) is 6.58. The molecule has 1 aromatic heterocycles. The maximum Gasteiger partial charge on any atom is 0.411 e. The number of alkyl halides is 3. The van der Waals surface area contributed by atoms with Gasteiger partial charge in [0.2, 0.25) is 0 Å². The largest absolute Gasteiger partial charge is 0.492 e. The second kappa shape index (κ2) is 10.2. The van der Waals surface area contributed by atoms with Crippen LogP contribution in [-0.2, 0) is 11.3 Å². The average molecular weight is 452 g/mol. The predicted octanol–water partition coefficient (Wildman–Crippen LogP) is 3.44. The number of furan rings is 1. The molecule has 2 amide bonds. The van der Waals surface area contributed by atoms with Gasteiger partial charge >= 0.3 is 6.18 Å². The fraction of sp³-hybridized carbons (Fsp3) is 0.238. The molecule has 0 bridgehead atoms. The van der Waals surface area contributed by atoms with Crippen LogP contribution in [0.1, 0.15) is 26.5 Å². The van der Waals surface area contributed by atoms with Crippen molar-refractivity contribution in [3.05, 3.63) is 65.4 Å². The van der Waals surface area contributed by atoms with Gasteiger partial charge in [0.15, 0.2) is 5.76 Å². The van der Waals surface area contributed by atoms with E-state index in [1.165, 1.54) is 29.7 Å². The van der Waals surface area contributed by atoms with Gasteiger partial charge in [-0.2, -0.15) is 13.2 Å². The Kier molecular flexibility index (Phi) is 7.33. The summed E-state index contributed by atoms with van der Waals surface area (Å²) in [6.07, 6.45) is -4.49. The summed E-state index contributed by atoms with van der Waals surface area (Å²) < 4.78 is 53.0. The molecule has 8 nitrogen and oxygen atoms in total. The molecule has 170 valence electrons. The number of rotatable bonds is 9. The van der Waals surface area contributed by atoms with Gasteiger partial charge in [0.25, 0.3) is 11.8 Å². The molecule has 1 heterocycles. The predicted molar refractivity (Wildman–Crippen MR) is 105 cm³/mol. The van der Waals surface area contributed by atoms with Gasteiger partial charge in [-0.05, 0) is 30.3 Å². The SMILES string of the molecule is O=C(NO)c1ccc(OCCNC(=O)c2oc3ccccc3c2COCC(F)(F)F)cc1. The zero-order chi connectivity index (χ0) is 23.1. The van der Waals surface area contributed by atoms with Crippen LogP contribution in [0.15, 0.2) is 52.9 Å². The zero-order valence-electron chi connectivity index (χ0n) is 16.6. The number of carbonyl (C=O) groups excluding carboxylic acids is 2. The van der Waals surface area contributed by atoms with Gasteiger partial charge in [-0.3, -0.25) is 14.8 Å². The lowest BCUT2D eigenvalue weighted by Gasteiger charge is -2.09. The molecule has 2 aromatic carbocycles. The molecule has 0 radical (unpaired) electrons. The summed E-state index contributed by atoms with van der Waals surface area (Å²) in [5.41, 5.74) is 2.33. The maximum absolute atomic E-state index is 12.6. The smallest absolute Gasteiger partial charge is 0.411 e. The molecule has 0 saturated carbocycles. The summed E-state index contributed by atoms with van der Waals surface area (Å²) >= 11 is 0. The van der Waals surface area contributed by atoms with E-state index in [0.717, 1.165) is 0 Å². The zero-order valence-corrected chi connectivity index (χ0v) is 16.6. The van der Waals surface area contributed by atoms with Crippen molar-refractivity contribution in [1.29, 1.82) is 0 Å². The highest BCUT2D eigenvalue weighted by Gasteiger charge is 2.28. The van der Waals surface area contributed by atoms with Gasteiger partial charge in [-0.15, -0.1) is 0 Å². The first kappa shape index (κ1) is 23.1. The van der Waals surface area contributed by atoms with E-state index in [-0.39, 0.29) is 30.0 Å². The molecule has 0 atom stereocenters. The molecule has 3 N–H and O–H groups in total. The number of nitrogens with one attached hydrogen (secondary N) is 2. The third-order valence-electron chi connectivity index (χ3n) is 4.29. The molecule has 0 aliphatic rings.